The number of aromatic nitrogens is 1. The third-order valence-corrected chi connectivity index (χ3v) is 5.14. The van der Waals surface area contributed by atoms with Crippen molar-refractivity contribution in [3.63, 3.8) is 0 Å². The first-order valence-electron chi connectivity index (χ1n) is 5.80. The molecule has 88 valence electrons. The number of hydrogen-bond acceptors (Lipinski definition) is 4. The fraction of sp³-hybridized carbons (Fsp3) is 0.308. The summed E-state index contributed by atoms with van der Waals surface area (Å²) in [5, 5.41) is 6.21. The minimum absolute atomic E-state index is 0.619. The van der Waals surface area contributed by atoms with Gasteiger partial charge in [-0.05, 0) is 24.5 Å². The van der Waals surface area contributed by atoms with E-state index in [2.05, 4.69) is 34.6 Å². The molecular formula is C13H14N2S2. The maximum Gasteiger partial charge on any atom is 0.150 e. The number of anilines is 1. The van der Waals surface area contributed by atoms with E-state index in [4.69, 9.17) is 0 Å². The topological polar surface area (TPSA) is 24.9 Å². The molecule has 0 saturated heterocycles. The van der Waals surface area contributed by atoms with Crippen molar-refractivity contribution in [1.82, 2.24) is 4.98 Å². The second kappa shape index (κ2) is 5.10. The Bertz CT molecular complexity index is 455. The van der Waals surface area contributed by atoms with Gasteiger partial charge in [0.05, 0.1) is 0 Å². The van der Waals surface area contributed by atoms with Crippen LogP contribution < -0.4 is 5.32 Å². The molecule has 0 bridgehead atoms. The highest BCUT2D eigenvalue weighted by atomic mass is 32.2. The Labute approximate surface area is 109 Å². The number of para-hydroxylation sites is 1. The zero-order valence-corrected chi connectivity index (χ0v) is 11.1. The Balaban J connectivity index is 1.69. The van der Waals surface area contributed by atoms with Gasteiger partial charge in [0.25, 0.3) is 0 Å². The zero-order valence-electron chi connectivity index (χ0n) is 9.43. The number of thiazole rings is 1. The summed E-state index contributed by atoms with van der Waals surface area (Å²) < 4.78 is 1.18. The second-order valence-corrected chi connectivity index (χ2v) is 6.56. The normalized spacial score (nSPS) is 19.2. The number of thioether (sulfide) groups is 1. The Hall–Kier alpha value is -1.00. The summed E-state index contributed by atoms with van der Waals surface area (Å²) >= 11 is 3.63. The Kier molecular flexibility index (Phi) is 3.34. The molecule has 1 N–H and O–H groups in total. The third-order valence-electron chi connectivity index (χ3n) is 2.95. The molecule has 0 fully saturated rings. The quantitative estimate of drug-likeness (QED) is 0.894. The fourth-order valence-electron chi connectivity index (χ4n) is 2.06. The molecule has 2 heterocycles. The number of hydrogen-bond donors (Lipinski definition) is 1. The predicted octanol–water partition coefficient (Wildman–Crippen LogP) is 3.66. The average Bonchev–Trinajstić information content (AvgIpc) is 2.78. The van der Waals surface area contributed by atoms with Gasteiger partial charge in [-0.15, -0.1) is 11.3 Å². The first-order valence-corrected chi connectivity index (χ1v) is 7.56. The first-order chi connectivity index (χ1) is 8.42. The van der Waals surface area contributed by atoms with Crippen molar-refractivity contribution >= 4 is 28.8 Å². The lowest BCUT2D eigenvalue weighted by atomic mass is 10.1. The molecular weight excluding hydrogens is 248 g/mol. The van der Waals surface area contributed by atoms with Crippen molar-refractivity contribution < 1.29 is 0 Å². The van der Waals surface area contributed by atoms with Crippen LogP contribution in [-0.2, 0) is 6.42 Å². The summed E-state index contributed by atoms with van der Waals surface area (Å²) in [4.78, 5) is 4.34. The lowest BCUT2D eigenvalue weighted by Gasteiger charge is -2.11. The lowest BCUT2D eigenvalue weighted by Crippen LogP contribution is -2.14. The Morgan fingerprint density at radius 2 is 2.29 bits per heavy atom. The van der Waals surface area contributed by atoms with E-state index in [0.29, 0.717) is 5.25 Å². The summed E-state index contributed by atoms with van der Waals surface area (Å²) in [6.45, 7) is 1.03. The van der Waals surface area contributed by atoms with Crippen LogP contribution in [0.5, 0.6) is 0 Å². The standard InChI is InChI=1S/C13H14N2S2/c1-2-4-12-10(3-1)5-6-11(9-15-12)17-13-14-7-8-16-13/h1-4,7-8,11,15H,5-6,9H2. The van der Waals surface area contributed by atoms with E-state index >= 15 is 0 Å². The molecule has 0 amide bonds. The van der Waals surface area contributed by atoms with Crippen molar-refractivity contribution in [3.8, 4) is 0 Å². The Morgan fingerprint density at radius 1 is 1.35 bits per heavy atom. The van der Waals surface area contributed by atoms with Crippen LogP contribution in [0.1, 0.15) is 12.0 Å². The van der Waals surface area contributed by atoms with Crippen LogP contribution in [0.3, 0.4) is 0 Å². The third kappa shape index (κ3) is 2.64. The van der Waals surface area contributed by atoms with Crippen LogP contribution in [0.15, 0.2) is 40.2 Å². The predicted molar refractivity (Wildman–Crippen MR) is 75.0 cm³/mol. The van der Waals surface area contributed by atoms with Gasteiger partial charge < -0.3 is 5.32 Å². The van der Waals surface area contributed by atoms with E-state index in [-0.39, 0.29) is 0 Å². The van der Waals surface area contributed by atoms with E-state index in [1.165, 1.54) is 22.0 Å². The molecule has 3 rings (SSSR count). The highest BCUT2D eigenvalue weighted by molar-refractivity contribution is 8.01. The molecule has 1 unspecified atom stereocenters. The van der Waals surface area contributed by atoms with Crippen LogP contribution in [-0.4, -0.2) is 16.8 Å². The van der Waals surface area contributed by atoms with Gasteiger partial charge in [-0.25, -0.2) is 4.98 Å². The molecule has 0 saturated carbocycles. The smallest absolute Gasteiger partial charge is 0.150 e. The summed E-state index contributed by atoms with van der Waals surface area (Å²) in [5.74, 6) is 0. The van der Waals surface area contributed by atoms with E-state index in [0.717, 1.165) is 13.0 Å². The summed E-state index contributed by atoms with van der Waals surface area (Å²) in [5.41, 5.74) is 2.74. The van der Waals surface area contributed by atoms with Gasteiger partial charge in [-0.3, -0.25) is 0 Å². The molecule has 0 spiro atoms. The molecule has 1 aliphatic rings. The number of aryl methyl sites for hydroxylation is 1. The number of fused-ring (bicyclic) bond motifs is 1. The summed E-state index contributed by atoms with van der Waals surface area (Å²) in [7, 11) is 0. The van der Waals surface area contributed by atoms with Crippen LogP contribution in [0.2, 0.25) is 0 Å². The fourth-order valence-corrected chi connectivity index (χ4v) is 4.03. The van der Waals surface area contributed by atoms with Crippen molar-refractivity contribution in [2.24, 2.45) is 0 Å². The van der Waals surface area contributed by atoms with Gasteiger partial charge in [0.15, 0.2) is 0 Å². The molecule has 0 radical (unpaired) electrons. The molecule has 2 aromatic rings. The molecule has 1 atom stereocenters. The van der Waals surface area contributed by atoms with Gasteiger partial charge in [0.2, 0.25) is 0 Å². The second-order valence-electron chi connectivity index (χ2n) is 4.11. The van der Waals surface area contributed by atoms with Crippen LogP contribution in [0.4, 0.5) is 5.69 Å². The van der Waals surface area contributed by atoms with E-state index < -0.39 is 0 Å². The first kappa shape index (κ1) is 11.1. The molecule has 1 aliphatic heterocycles. The minimum Gasteiger partial charge on any atom is -0.384 e. The van der Waals surface area contributed by atoms with Crippen molar-refractivity contribution in [2.75, 3.05) is 11.9 Å². The summed E-state index contributed by atoms with van der Waals surface area (Å²) in [6, 6.07) is 8.61. The Morgan fingerprint density at radius 3 is 3.18 bits per heavy atom. The maximum absolute atomic E-state index is 4.34. The van der Waals surface area contributed by atoms with Gasteiger partial charge in [0, 0.05) is 29.1 Å². The SMILES string of the molecule is c1ccc2c(c1)CCC(Sc1nccs1)CN2. The maximum atomic E-state index is 4.34. The average molecular weight is 262 g/mol. The van der Waals surface area contributed by atoms with E-state index in [9.17, 15) is 0 Å². The van der Waals surface area contributed by atoms with Crippen molar-refractivity contribution in [2.45, 2.75) is 22.4 Å². The number of nitrogens with one attached hydrogen (secondary N) is 1. The van der Waals surface area contributed by atoms with Crippen molar-refractivity contribution in [3.05, 3.63) is 41.4 Å². The lowest BCUT2D eigenvalue weighted by molar-refractivity contribution is 0.802. The highest BCUT2D eigenvalue weighted by Crippen LogP contribution is 2.31. The van der Waals surface area contributed by atoms with Crippen LogP contribution in [0.25, 0.3) is 0 Å². The van der Waals surface area contributed by atoms with Gasteiger partial charge in [-0.2, -0.15) is 0 Å². The minimum atomic E-state index is 0.619. The van der Waals surface area contributed by atoms with Gasteiger partial charge in [0.1, 0.15) is 4.34 Å². The zero-order chi connectivity index (χ0) is 11.5. The number of nitrogens with zero attached hydrogens (tertiary/aromatic N) is 1. The monoisotopic (exact) mass is 262 g/mol. The van der Waals surface area contributed by atoms with Crippen LogP contribution in [0, 0.1) is 0 Å². The highest BCUT2D eigenvalue weighted by Gasteiger charge is 2.17. The van der Waals surface area contributed by atoms with E-state index in [1.807, 2.05) is 23.3 Å². The summed E-state index contributed by atoms with van der Waals surface area (Å²) in [6.07, 6.45) is 4.26. The number of benzene rings is 1. The molecule has 17 heavy (non-hydrogen) atoms. The van der Waals surface area contributed by atoms with Crippen LogP contribution >= 0.6 is 23.1 Å². The van der Waals surface area contributed by atoms with E-state index in [1.54, 1.807) is 11.3 Å². The molecule has 1 aromatic carbocycles. The molecule has 1 aromatic heterocycles. The van der Waals surface area contributed by atoms with Crippen molar-refractivity contribution in [1.29, 1.82) is 0 Å². The van der Waals surface area contributed by atoms with Gasteiger partial charge >= 0.3 is 0 Å². The molecule has 0 aliphatic carbocycles. The largest absolute Gasteiger partial charge is 0.384 e. The number of rotatable bonds is 2. The molecule has 4 heteroatoms. The molecule has 2 nitrogen and oxygen atoms in total. The van der Waals surface area contributed by atoms with Gasteiger partial charge in [-0.1, -0.05) is 30.0 Å².